The van der Waals surface area contributed by atoms with E-state index >= 15 is 0 Å². The van der Waals surface area contributed by atoms with Crippen LogP contribution in [-0.4, -0.2) is 17.4 Å². The molecule has 1 nitrogen and oxygen atoms in total. The molecule has 1 aliphatic heterocycles. The number of thioether (sulfide) groups is 1. The largest absolute Gasteiger partial charge is 0.272 e. The Hall–Kier alpha value is -0.107. The van der Waals surface area contributed by atoms with Crippen molar-refractivity contribution in [2.75, 3.05) is 12.3 Å². The van der Waals surface area contributed by atoms with Gasteiger partial charge in [-0.05, 0) is 36.4 Å². The Morgan fingerprint density at radius 2 is 1.07 bits per heavy atom. The number of nitrogens with one attached hydrogen (secondary N) is 1. The summed E-state index contributed by atoms with van der Waals surface area (Å²) in [6, 6.07) is 33.3. The van der Waals surface area contributed by atoms with E-state index in [0.29, 0.717) is 5.11 Å². The minimum absolute atomic E-state index is 0.435. The predicted molar refractivity (Wildman–Crippen MR) is 127 cm³/mol. The molecule has 0 spiro atoms. The van der Waals surface area contributed by atoms with Gasteiger partial charge in [0.1, 0.15) is 23.2 Å². The maximum Gasteiger partial charge on any atom is 0.180 e. The molecule has 7 heteroatoms. The van der Waals surface area contributed by atoms with E-state index in [0.717, 1.165) is 6.54 Å². The van der Waals surface area contributed by atoms with Crippen LogP contribution in [0.4, 0.5) is 0 Å². The van der Waals surface area contributed by atoms with Gasteiger partial charge in [-0.3, -0.25) is 5.32 Å². The van der Waals surface area contributed by atoms with Gasteiger partial charge in [0, 0.05) is 12.3 Å². The molecule has 1 aliphatic rings. The Morgan fingerprint density at radius 1 is 0.714 bits per heavy atom. The zero-order chi connectivity index (χ0) is 19.8. The maximum atomic E-state index is 4.94. The average Bonchev–Trinajstić information content (AvgIpc) is 3.26. The van der Waals surface area contributed by atoms with Crippen LogP contribution in [0.25, 0.3) is 0 Å². The molecule has 28 heavy (non-hydrogen) atoms. The molecular formula is C21H21Cl3NPRhS+. The first-order valence-corrected chi connectivity index (χ1v) is 17.9. The quantitative estimate of drug-likeness (QED) is 0.327. The number of halogens is 3. The van der Waals surface area contributed by atoms with Crippen molar-refractivity contribution in [1.82, 2.24) is 5.32 Å². The molecule has 150 valence electrons. The van der Waals surface area contributed by atoms with Crippen LogP contribution in [0, 0.1) is 0 Å². The Labute approximate surface area is 189 Å². The zero-order valence-electron chi connectivity index (χ0n) is 15.0. The van der Waals surface area contributed by atoms with Crippen LogP contribution in [0.15, 0.2) is 91.0 Å². The number of hydrogen-bond donors (Lipinski definition) is 1. The second-order valence-corrected chi connectivity index (χ2v) is 18.6. The second kappa shape index (κ2) is 11.3. The monoisotopic (exact) mass is 558 g/mol. The van der Waals surface area contributed by atoms with Crippen LogP contribution in [0.3, 0.4) is 0 Å². The van der Waals surface area contributed by atoms with Gasteiger partial charge in [-0.2, -0.15) is 0 Å². The normalized spacial score (nSPS) is 16.8. The van der Waals surface area contributed by atoms with Gasteiger partial charge in [-0.15, -0.1) is 0 Å². The van der Waals surface area contributed by atoms with Crippen LogP contribution in [0.5, 0.6) is 0 Å². The summed E-state index contributed by atoms with van der Waals surface area (Å²) in [7, 11) is 13.1. The standard InChI is InChI=1S/C21H21NPS.3ClH.Rh/c1-4-10-18(11-5-1)23(21-22-16-17-24-21,19-12-6-2-7-13-19)20-14-8-3-9-15-20;;;;/h1-15,21-22H,16-17H2;3*1H;/q+1;;;;+3/p-3. The Morgan fingerprint density at radius 3 is 1.36 bits per heavy atom. The molecule has 0 saturated carbocycles. The Bertz CT molecular complexity index is 735. The SMILES string of the molecule is [Cl][Rh]([Cl])[Cl].c1ccc([P+](c2ccccc2)(c2ccccc2)C2NCCS2)cc1. The van der Waals surface area contributed by atoms with Crippen LogP contribution in [-0.2, 0) is 13.0 Å². The molecule has 0 amide bonds. The first kappa shape index (κ1) is 22.6. The molecule has 1 fully saturated rings. The van der Waals surface area contributed by atoms with Crippen LogP contribution in [0.2, 0.25) is 0 Å². The van der Waals surface area contributed by atoms with Crippen molar-refractivity contribution >= 4 is 64.0 Å². The summed E-state index contributed by atoms with van der Waals surface area (Å²) in [6.45, 7) is 1.09. The Balaban J connectivity index is 0.000000516. The maximum absolute atomic E-state index is 4.94. The second-order valence-electron chi connectivity index (χ2n) is 6.05. The van der Waals surface area contributed by atoms with E-state index < -0.39 is 20.2 Å². The van der Waals surface area contributed by atoms with E-state index in [2.05, 4.69) is 108 Å². The third-order valence-electron chi connectivity index (χ3n) is 4.54. The first-order valence-electron chi connectivity index (χ1n) is 8.71. The summed E-state index contributed by atoms with van der Waals surface area (Å²) in [5.74, 6) is 1.18. The molecule has 3 aromatic rings. The van der Waals surface area contributed by atoms with Crippen molar-refractivity contribution < 1.29 is 13.0 Å². The van der Waals surface area contributed by atoms with Gasteiger partial charge >= 0.3 is 42.1 Å². The molecule has 1 heterocycles. The molecule has 1 unspecified atom stereocenters. The van der Waals surface area contributed by atoms with Crippen molar-refractivity contribution in [1.29, 1.82) is 0 Å². The van der Waals surface area contributed by atoms with E-state index in [-0.39, 0.29) is 0 Å². The van der Waals surface area contributed by atoms with E-state index in [1.54, 1.807) is 0 Å². The van der Waals surface area contributed by atoms with Crippen molar-refractivity contribution in [2.24, 2.45) is 0 Å². The molecule has 0 aromatic heterocycles. The number of benzene rings is 3. The molecule has 0 radical (unpaired) electrons. The minimum Gasteiger partial charge on any atom is -0.272 e. The van der Waals surface area contributed by atoms with Crippen molar-refractivity contribution in [3.05, 3.63) is 91.0 Å². The summed E-state index contributed by atoms with van der Waals surface area (Å²) in [5.41, 5.74) is 0. The van der Waals surface area contributed by atoms with E-state index in [1.165, 1.54) is 21.7 Å². The van der Waals surface area contributed by atoms with E-state index in [9.17, 15) is 0 Å². The number of rotatable bonds is 4. The molecule has 1 saturated heterocycles. The predicted octanol–water partition coefficient (Wildman–Crippen LogP) is 5.67. The molecular weight excluding hydrogens is 539 g/mol. The molecule has 0 bridgehead atoms. The fourth-order valence-corrected chi connectivity index (χ4v) is 10.5. The van der Waals surface area contributed by atoms with Crippen LogP contribution in [0.1, 0.15) is 0 Å². The minimum atomic E-state index is -1.75. The molecule has 4 rings (SSSR count). The fourth-order valence-electron chi connectivity index (χ4n) is 3.50. The van der Waals surface area contributed by atoms with Gasteiger partial charge < -0.3 is 0 Å². The summed E-state index contributed by atoms with van der Waals surface area (Å²) < 4.78 is 0. The summed E-state index contributed by atoms with van der Waals surface area (Å²) in [5, 5.41) is 8.60. The van der Waals surface area contributed by atoms with Gasteiger partial charge in [0.15, 0.2) is 5.11 Å². The fraction of sp³-hybridized carbons (Fsp3) is 0.143. The van der Waals surface area contributed by atoms with E-state index in [1.807, 2.05) is 0 Å². The topological polar surface area (TPSA) is 12.0 Å². The molecule has 0 aliphatic carbocycles. The number of hydrogen-bond acceptors (Lipinski definition) is 2. The van der Waals surface area contributed by atoms with Gasteiger partial charge in [-0.1, -0.05) is 66.4 Å². The van der Waals surface area contributed by atoms with E-state index in [4.69, 9.17) is 29.1 Å². The summed E-state index contributed by atoms with van der Waals surface area (Å²) in [6.07, 6.45) is 0. The molecule has 1 N–H and O–H groups in total. The van der Waals surface area contributed by atoms with Gasteiger partial charge in [0.2, 0.25) is 0 Å². The molecule has 3 aromatic carbocycles. The third-order valence-corrected chi connectivity index (χ3v) is 11.1. The van der Waals surface area contributed by atoms with Crippen LogP contribution >= 0.6 is 48.1 Å². The Kier molecular flexibility index (Phi) is 9.13. The van der Waals surface area contributed by atoms with Gasteiger partial charge in [-0.25, -0.2) is 0 Å². The van der Waals surface area contributed by atoms with Gasteiger partial charge in [0.25, 0.3) is 0 Å². The van der Waals surface area contributed by atoms with Gasteiger partial charge in [0.05, 0.1) is 0 Å². The van der Waals surface area contributed by atoms with Crippen molar-refractivity contribution in [3.8, 4) is 0 Å². The molecule has 1 atom stereocenters. The third kappa shape index (κ3) is 5.32. The summed E-state index contributed by atoms with van der Waals surface area (Å²) in [4.78, 5) is 0. The van der Waals surface area contributed by atoms with Crippen molar-refractivity contribution in [2.45, 2.75) is 5.11 Å². The average molecular weight is 560 g/mol. The van der Waals surface area contributed by atoms with Crippen LogP contribution < -0.4 is 21.2 Å². The smallest absolute Gasteiger partial charge is 0.180 e. The first-order chi connectivity index (χ1) is 13.7. The summed E-state index contributed by atoms with van der Waals surface area (Å²) >= 11 is 0.412. The van der Waals surface area contributed by atoms with Crippen molar-refractivity contribution in [3.63, 3.8) is 0 Å². The zero-order valence-corrected chi connectivity index (χ0v) is 20.6.